The van der Waals surface area contributed by atoms with E-state index >= 15 is 0 Å². The van der Waals surface area contributed by atoms with Crippen LogP contribution in [0.15, 0.2) is 54.9 Å². The van der Waals surface area contributed by atoms with Gasteiger partial charge in [-0.25, -0.2) is 0 Å². The minimum Gasteiger partial charge on any atom is -0.334 e. The SMILES string of the molecule is N[C@@H](C(=O)N1CCCC1c1cccnc1)c1ccccc1. The summed E-state index contributed by atoms with van der Waals surface area (Å²) in [5.41, 5.74) is 8.10. The van der Waals surface area contributed by atoms with Crippen LogP contribution in [-0.4, -0.2) is 22.3 Å². The maximum absolute atomic E-state index is 12.7. The van der Waals surface area contributed by atoms with E-state index in [0.717, 1.165) is 30.5 Å². The van der Waals surface area contributed by atoms with E-state index < -0.39 is 6.04 Å². The van der Waals surface area contributed by atoms with Crippen LogP contribution in [0.1, 0.15) is 36.1 Å². The predicted molar refractivity (Wildman–Crippen MR) is 81.3 cm³/mol. The van der Waals surface area contributed by atoms with Crippen molar-refractivity contribution in [2.45, 2.75) is 24.9 Å². The summed E-state index contributed by atoms with van der Waals surface area (Å²) in [5, 5.41) is 0. The van der Waals surface area contributed by atoms with E-state index in [1.54, 1.807) is 6.20 Å². The van der Waals surface area contributed by atoms with Crippen molar-refractivity contribution in [1.29, 1.82) is 0 Å². The van der Waals surface area contributed by atoms with Crippen LogP contribution in [0.2, 0.25) is 0 Å². The van der Waals surface area contributed by atoms with Gasteiger partial charge in [-0.2, -0.15) is 0 Å². The molecule has 2 aromatic rings. The summed E-state index contributed by atoms with van der Waals surface area (Å²) in [6.45, 7) is 0.763. The highest BCUT2D eigenvalue weighted by atomic mass is 16.2. The molecule has 0 spiro atoms. The molecule has 0 bridgehead atoms. The predicted octanol–water partition coefficient (Wildman–Crippen LogP) is 2.45. The van der Waals surface area contributed by atoms with E-state index in [-0.39, 0.29) is 11.9 Å². The Kier molecular flexibility index (Phi) is 3.97. The number of pyridine rings is 1. The van der Waals surface area contributed by atoms with Crippen molar-refractivity contribution in [2.24, 2.45) is 5.73 Å². The third-order valence-electron chi connectivity index (χ3n) is 4.03. The standard InChI is InChI=1S/C17H19N3O/c18-16(13-6-2-1-3-7-13)17(21)20-11-5-9-15(20)14-8-4-10-19-12-14/h1-4,6-8,10,12,15-16H,5,9,11,18H2/t15?,16-/m1/s1. The molecule has 2 atom stereocenters. The van der Waals surface area contributed by atoms with Crippen molar-refractivity contribution >= 4 is 5.91 Å². The molecule has 108 valence electrons. The molecule has 0 radical (unpaired) electrons. The highest BCUT2D eigenvalue weighted by Gasteiger charge is 2.33. The zero-order valence-corrected chi connectivity index (χ0v) is 11.9. The lowest BCUT2D eigenvalue weighted by atomic mass is 10.0. The Hall–Kier alpha value is -2.20. The first-order chi connectivity index (χ1) is 10.3. The molecule has 4 nitrogen and oxygen atoms in total. The number of carbonyl (C=O) groups excluding carboxylic acids is 1. The van der Waals surface area contributed by atoms with E-state index in [9.17, 15) is 4.79 Å². The highest BCUT2D eigenvalue weighted by Crippen LogP contribution is 2.33. The molecule has 1 aromatic carbocycles. The van der Waals surface area contributed by atoms with Crippen LogP contribution in [0.25, 0.3) is 0 Å². The molecule has 1 aliphatic heterocycles. The highest BCUT2D eigenvalue weighted by molar-refractivity contribution is 5.83. The van der Waals surface area contributed by atoms with Gasteiger partial charge in [0.25, 0.3) is 0 Å². The van der Waals surface area contributed by atoms with Crippen molar-refractivity contribution in [2.75, 3.05) is 6.54 Å². The van der Waals surface area contributed by atoms with Gasteiger partial charge in [0, 0.05) is 18.9 Å². The maximum Gasteiger partial charge on any atom is 0.244 e. The molecule has 1 aliphatic rings. The second kappa shape index (κ2) is 6.06. The number of carbonyl (C=O) groups is 1. The maximum atomic E-state index is 12.7. The summed E-state index contributed by atoms with van der Waals surface area (Å²) in [6.07, 6.45) is 5.57. The molecule has 1 aromatic heterocycles. The summed E-state index contributed by atoms with van der Waals surface area (Å²) in [4.78, 5) is 18.8. The minimum absolute atomic E-state index is 0.00690. The van der Waals surface area contributed by atoms with Crippen LogP contribution < -0.4 is 5.73 Å². The van der Waals surface area contributed by atoms with Crippen LogP contribution in [0, 0.1) is 0 Å². The summed E-state index contributed by atoms with van der Waals surface area (Å²) in [5.74, 6) is -0.00690. The van der Waals surface area contributed by atoms with E-state index in [4.69, 9.17) is 5.73 Å². The number of likely N-dealkylation sites (tertiary alicyclic amines) is 1. The van der Waals surface area contributed by atoms with E-state index in [0.29, 0.717) is 0 Å². The molecule has 1 saturated heterocycles. The number of nitrogens with two attached hydrogens (primary N) is 1. The molecule has 1 fully saturated rings. The number of benzene rings is 1. The number of aromatic nitrogens is 1. The van der Waals surface area contributed by atoms with Gasteiger partial charge in [-0.15, -0.1) is 0 Å². The fourth-order valence-electron chi connectivity index (χ4n) is 2.93. The van der Waals surface area contributed by atoms with Gasteiger partial charge in [0.15, 0.2) is 0 Å². The normalized spacial score (nSPS) is 19.5. The van der Waals surface area contributed by atoms with Gasteiger partial charge >= 0.3 is 0 Å². The van der Waals surface area contributed by atoms with Gasteiger partial charge in [-0.3, -0.25) is 9.78 Å². The van der Waals surface area contributed by atoms with Crippen LogP contribution in [0.5, 0.6) is 0 Å². The Balaban J connectivity index is 1.81. The van der Waals surface area contributed by atoms with Gasteiger partial charge < -0.3 is 10.6 Å². The average molecular weight is 281 g/mol. The molecule has 21 heavy (non-hydrogen) atoms. The topological polar surface area (TPSA) is 59.2 Å². The van der Waals surface area contributed by atoms with Gasteiger partial charge in [0.05, 0.1) is 6.04 Å². The zero-order valence-electron chi connectivity index (χ0n) is 11.9. The molecule has 2 heterocycles. The number of amides is 1. The lowest BCUT2D eigenvalue weighted by Gasteiger charge is -2.27. The molecule has 1 unspecified atom stereocenters. The van der Waals surface area contributed by atoms with Gasteiger partial charge in [0.2, 0.25) is 5.91 Å². The van der Waals surface area contributed by atoms with E-state index in [1.165, 1.54) is 0 Å². The average Bonchev–Trinajstić information content (AvgIpc) is 3.04. The van der Waals surface area contributed by atoms with Crippen molar-refractivity contribution < 1.29 is 4.79 Å². The van der Waals surface area contributed by atoms with Crippen molar-refractivity contribution in [3.8, 4) is 0 Å². The largest absolute Gasteiger partial charge is 0.334 e. The number of nitrogens with zero attached hydrogens (tertiary/aromatic N) is 2. The van der Waals surface area contributed by atoms with Gasteiger partial charge in [-0.05, 0) is 30.0 Å². The quantitative estimate of drug-likeness (QED) is 0.940. The minimum atomic E-state index is -0.594. The number of hydrogen-bond acceptors (Lipinski definition) is 3. The van der Waals surface area contributed by atoms with Crippen molar-refractivity contribution in [3.05, 3.63) is 66.0 Å². The second-order valence-electron chi connectivity index (χ2n) is 5.36. The summed E-state index contributed by atoms with van der Waals surface area (Å²) >= 11 is 0. The van der Waals surface area contributed by atoms with Crippen LogP contribution >= 0.6 is 0 Å². The van der Waals surface area contributed by atoms with Crippen molar-refractivity contribution in [1.82, 2.24) is 9.88 Å². The van der Waals surface area contributed by atoms with Gasteiger partial charge in [0.1, 0.15) is 6.04 Å². The Morgan fingerprint density at radius 2 is 2.05 bits per heavy atom. The molecule has 2 N–H and O–H groups in total. The monoisotopic (exact) mass is 281 g/mol. The van der Waals surface area contributed by atoms with E-state index in [2.05, 4.69) is 4.98 Å². The zero-order chi connectivity index (χ0) is 14.7. The molecule has 0 aliphatic carbocycles. The van der Waals surface area contributed by atoms with Crippen molar-refractivity contribution in [3.63, 3.8) is 0 Å². The molecular weight excluding hydrogens is 262 g/mol. The fourth-order valence-corrected chi connectivity index (χ4v) is 2.93. The van der Waals surface area contributed by atoms with Crippen LogP contribution in [0.3, 0.4) is 0 Å². The summed E-state index contributed by atoms with van der Waals surface area (Å²) in [6, 6.07) is 13.0. The smallest absolute Gasteiger partial charge is 0.244 e. The molecule has 3 rings (SSSR count). The molecule has 1 amide bonds. The van der Waals surface area contributed by atoms with Gasteiger partial charge in [-0.1, -0.05) is 36.4 Å². The molecule has 4 heteroatoms. The van der Waals surface area contributed by atoms with Crippen LogP contribution in [0.4, 0.5) is 0 Å². The third kappa shape index (κ3) is 2.81. The lowest BCUT2D eigenvalue weighted by Crippen LogP contribution is -2.38. The Labute approximate surface area is 124 Å². The first kappa shape index (κ1) is 13.8. The molecular formula is C17H19N3O. The third-order valence-corrected chi connectivity index (χ3v) is 4.03. The van der Waals surface area contributed by atoms with E-state index in [1.807, 2.05) is 53.6 Å². The first-order valence-electron chi connectivity index (χ1n) is 7.28. The lowest BCUT2D eigenvalue weighted by molar-refractivity contribution is -0.133. The Morgan fingerprint density at radius 3 is 2.76 bits per heavy atom. The fraction of sp³-hybridized carbons (Fsp3) is 0.294. The summed E-state index contributed by atoms with van der Waals surface area (Å²) in [7, 11) is 0. The number of rotatable bonds is 3. The number of hydrogen-bond donors (Lipinski definition) is 1. The van der Waals surface area contributed by atoms with Crippen LogP contribution in [-0.2, 0) is 4.79 Å². The second-order valence-corrected chi connectivity index (χ2v) is 5.36. The first-order valence-corrected chi connectivity index (χ1v) is 7.28. The Morgan fingerprint density at radius 1 is 1.24 bits per heavy atom. The Bertz CT molecular complexity index is 600. The summed E-state index contributed by atoms with van der Waals surface area (Å²) < 4.78 is 0. The molecule has 0 saturated carbocycles.